The summed E-state index contributed by atoms with van der Waals surface area (Å²) < 4.78 is 0. The molecule has 0 spiro atoms. The molecule has 1 saturated carbocycles. The van der Waals surface area contributed by atoms with Crippen molar-refractivity contribution in [2.24, 2.45) is 11.8 Å². The molecule has 0 aromatic rings. The van der Waals surface area contributed by atoms with Crippen LogP contribution in [0.1, 0.15) is 72.1 Å². The first kappa shape index (κ1) is 23.1. The lowest BCUT2D eigenvalue weighted by Gasteiger charge is -2.29. The average Bonchev–Trinajstić information content (AvgIpc) is 2.62. The zero-order valence-electron chi connectivity index (χ0n) is 16.9. The minimum atomic E-state index is -0.139. The smallest absolute Gasteiger partial charge is 0.221 e. The lowest BCUT2D eigenvalue weighted by molar-refractivity contribution is -0.127. The van der Waals surface area contributed by atoms with Crippen molar-refractivity contribution in [3.8, 4) is 0 Å². The number of nitrogens with one attached hydrogen (secondary N) is 3. The molecule has 0 bridgehead atoms. The minimum Gasteiger partial charge on any atom is -0.356 e. The summed E-state index contributed by atoms with van der Waals surface area (Å²) >= 11 is 0. The van der Waals surface area contributed by atoms with E-state index in [2.05, 4.69) is 16.0 Å². The van der Waals surface area contributed by atoms with Gasteiger partial charge in [-0.1, -0.05) is 13.8 Å². The molecule has 27 heavy (non-hydrogen) atoms. The Kier molecular flexibility index (Phi) is 10.7. The summed E-state index contributed by atoms with van der Waals surface area (Å²) in [5.41, 5.74) is 0. The number of hydrogen-bond acceptors (Lipinski definition) is 4. The van der Waals surface area contributed by atoms with Crippen molar-refractivity contribution in [1.82, 2.24) is 16.0 Å². The van der Waals surface area contributed by atoms with Crippen LogP contribution in [0.25, 0.3) is 0 Å². The Morgan fingerprint density at radius 3 is 2.04 bits per heavy atom. The van der Waals surface area contributed by atoms with Gasteiger partial charge in [0.2, 0.25) is 17.7 Å². The maximum absolute atomic E-state index is 12.0. The molecule has 0 aliphatic heterocycles. The van der Waals surface area contributed by atoms with Gasteiger partial charge in [0.1, 0.15) is 5.78 Å². The van der Waals surface area contributed by atoms with E-state index >= 15 is 0 Å². The Balaban J connectivity index is 2.11. The van der Waals surface area contributed by atoms with Gasteiger partial charge in [0.05, 0.1) is 0 Å². The highest BCUT2D eigenvalue weighted by Crippen LogP contribution is 2.27. The molecule has 3 N–H and O–H groups in total. The van der Waals surface area contributed by atoms with E-state index in [1.807, 2.05) is 20.8 Å². The van der Waals surface area contributed by atoms with Crippen LogP contribution >= 0.6 is 0 Å². The molecule has 0 aromatic heterocycles. The fourth-order valence-corrected chi connectivity index (χ4v) is 3.39. The summed E-state index contributed by atoms with van der Waals surface area (Å²) in [5.74, 6) is 0.290. The number of ketones is 1. The first-order chi connectivity index (χ1) is 12.8. The SMILES string of the molecule is CCNC(=O)CCNC(=O)CCCC(=O)N[C@H]1CC[C@@H](C(=O)C(C)C)CC1. The number of amides is 3. The van der Waals surface area contributed by atoms with Gasteiger partial charge in [-0.15, -0.1) is 0 Å². The van der Waals surface area contributed by atoms with Crippen LogP contribution in [0, 0.1) is 11.8 Å². The Morgan fingerprint density at radius 1 is 0.852 bits per heavy atom. The lowest BCUT2D eigenvalue weighted by Crippen LogP contribution is -2.39. The van der Waals surface area contributed by atoms with Crippen LogP contribution < -0.4 is 16.0 Å². The van der Waals surface area contributed by atoms with Gasteiger partial charge in [-0.25, -0.2) is 0 Å². The van der Waals surface area contributed by atoms with Crippen molar-refractivity contribution in [2.45, 2.75) is 78.2 Å². The zero-order chi connectivity index (χ0) is 20.2. The quantitative estimate of drug-likeness (QED) is 0.507. The molecule has 7 nitrogen and oxygen atoms in total. The van der Waals surface area contributed by atoms with Gasteiger partial charge in [-0.3, -0.25) is 19.2 Å². The minimum absolute atomic E-state index is 0.0382. The maximum atomic E-state index is 12.0. The molecule has 0 unspecified atom stereocenters. The summed E-state index contributed by atoms with van der Waals surface area (Å²) in [6, 6.07) is 0.139. The van der Waals surface area contributed by atoms with Crippen molar-refractivity contribution in [2.75, 3.05) is 13.1 Å². The standard InChI is InChI=1S/C20H35N3O4/c1-4-21-18(25)12-13-22-17(24)6-5-7-19(26)23-16-10-8-15(9-11-16)20(27)14(2)3/h14-16H,4-13H2,1-3H3,(H,21,25)(H,22,24)(H,23,26)/t15-,16+. The normalized spacial score (nSPS) is 19.4. The summed E-state index contributed by atoms with van der Waals surface area (Å²) in [6.45, 7) is 6.61. The van der Waals surface area contributed by atoms with Gasteiger partial charge in [0.25, 0.3) is 0 Å². The van der Waals surface area contributed by atoms with E-state index in [4.69, 9.17) is 0 Å². The van der Waals surface area contributed by atoms with Crippen LogP contribution in [-0.2, 0) is 19.2 Å². The molecule has 1 aliphatic rings. The van der Waals surface area contributed by atoms with Crippen LogP contribution in [0.4, 0.5) is 0 Å². The Morgan fingerprint density at radius 2 is 1.44 bits per heavy atom. The molecule has 1 fully saturated rings. The number of Topliss-reactive ketones (excluding diaryl/α,β-unsaturated/α-hetero) is 1. The molecule has 1 rings (SSSR count). The van der Waals surface area contributed by atoms with Crippen LogP contribution in [-0.4, -0.2) is 42.6 Å². The van der Waals surface area contributed by atoms with Gasteiger partial charge in [-0.05, 0) is 39.0 Å². The third-order valence-corrected chi connectivity index (χ3v) is 4.92. The monoisotopic (exact) mass is 381 g/mol. The third-order valence-electron chi connectivity index (χ3n) is 4.92. The number of rotatable bonds is 11. The summed E-state index contributed by atoms with van der Waals surface area (Å²) in [7, 11) is 0. The van der Waals surface area contributed by atoms with E-state index in [-0.39, 0.29) is 48.4 Å². The molecular formula is C20H35N3O4. The van der Waals surface area contributed by atoms with Crippen LogP contribution in [0.5, 0.6) is 0 Å². The predicted octanol–water partition coefficient (Wildman–Crippen LogP) is 1.70. The highest BCUT2D eigenvalue weighted by molar-refractivity contribution is 5.83. The fourth-order valence-electron chi connectivity index (χ4n) is 3.39. The molecule has 1 aliphatic carbocycles. The molecule has 0 atom stereocenters. The topological polar surface area (TPSA) is 104 Å². The number of hydrogen-bond donors (Lipinski definition) is 3. The molecule has 0 heterocycles. The van der Waals surface area contributed by atoms with Gasteiger partial charge >= 0.3 is 0 Å². The second-order valence-corrected chi connectivity index (χ2v) is 7.58. The van der Waals surface area contributed by atoms with E-state index in [1.165, 1.54) is 0 Å². The lowest BCUT2D eigenvalue weighted by atomic mass is 9.80. The number of carbonyl (C=O) groups excluding carboxylic acids is 4. The van der Waals surface area contributed by atoms with Gasteiger partial charge in [0, 0.05) is 50.2 Å². The predicted molar refractivity (Wildman–Crippen MR) is 104 cm³/mol. The Labute approximate surface area is 162 Å². The molecule has 3 amide bonds. The third kappa shape index (κ3) is 9.54. The second kappa shape index (κ2) is 12.5. The van der Waals surface area contributed by atoms with Gasteiger partial charge < -0.3 is 16.0 Å². The van der Waals surface area contributed by atoms with E-state index in [9.17, 15) is 19.2 Å². The first-order valence-electron chi connectivity index (χ1n) is 10.2. The number of carbonyl (C=O) groups is 4. The van der Waals surface area contributed by atoms with Crippen LogP contribution in [0.3, 0.4) is 0 Å². The highest BCUT2D eigenvalue weighted by atomic mass is 16.2. The van der Waals surface area contributed by atoms with Crippen molar-refractivity contribution in [1.29, 1.82) is 0 Å². The first-order valence-corrected chi connectivity index (χ1v) is 10.2. The zero-order valence-corrected chi connectivity index (χ0v) is 16.9. The van der Waals surface area contributed by atoms with Crippen molar-refractivity contribution in [3.63, 3.8) is 0 Å². The van der Waals surface area contributed by atoms with E-state index in [0.29, 0.717) is 31.7 Å². The fraction of sp³-hybridized carbons (Fsp3) is 0.800. The molecule has 7 heteroatoms. The summed E-state index contributed by atoms with van der Waals surface area (Å²) in [4.78, 5) is 47.0. The molecular weight excluding hydrogens is 346 g/mol. The summed E-state index contributed by atoms with van der Waals surface area (Å²) in [6.07, 6.45) is 4.71. The van der Waals surface area contributed by atoms with Crippen LogP contribution in [0.15, 0.2) is 0 Å². The van der Waals surface area contributed by atoms with Crippen molar-refractivity contribution in [3.05, 3.63) is 0 Å². The highest BCUT2D eigenvalue weighted by Gasteiger charge is 2.28. The maximum Gasteiger partial charge on any atom is 0.221 e. The second-order valence-electron chi connectivity index (χ2n) is 7.58. The van der Waals surface area contributed by atoms with Gasteiger partial charge in [0.15, 0.2) is 0 Å². The Bertz CT molecular complexity index is 511. The van der Waals surface area contributed by atoms with Crippen molar-refractivity contribution >= 4 is 23.5 Å². The summed E-state index contributed by atoms with van der Waals surface area (Å²) in [5, 5.41) is 8.38. The largest absolute Gasteiger partial charge is 0.356 e. The van der Waals surface area contributed by atoms with Gasteiger partial charge in [-0.2, -0.15) is 0 Å². The molecule has 0 aromatic carbocycles. The average molecular weight is 382 g/mol. The van der Waals surface area contributed by atoms with E-state index in [1.54, 1.807) is 0 Å². The molecule has 154 valence electrons. The van der Waals surface area contributed by atoms with Crippen molar-refractivity contribution < 1.29 is 19.2 Å². The van der Waals surface area contributed by atoms with E-state index < -0.39 is 0 Å². The molecule has 0 saturated heterocycles. The molecule has 0 radical (unpaired) electrons. The van der Waals surface area contributed by atoms with Crippen LogP contribution in [0.2, 0.25) is 0 Å². The Hall–Kier alpha value is -1.92. The van der Waals surface area contributed by atoms with E-state index in [0.717, 1.165) is 25.7 Å².